The van der Waals surface area contributed by atoms with E-state index < -0.39 is 0 Å². The molecule has 0 nitrogen and oxygen atoms in total. The van der Waals surface area contributed by atoms with Crippen molar-refractivity contribution in [1.82, 2.24) is 0 Å². The Hall–Kier alpha value is -1.30. The van der Waals surface area contributed by atoms with Gasteiger partial charge in [-0.05, 0) is 17.4 Å². The summed E-state index contributed by atoms with van der Waals surface area (Å²) >= 11 is 0. The summed E-state index contributed by atoms with van der Waals surface area (Å²) in [5.74, 6) is 0. The molecule has 1 aromatic rings. The Kier molecular flexibility index (Phi) is 42.7. The molecule has 1 rings (SSSR count). The molecule has 0 heteroatoms. The van der Waals surface area contributed by atoms with Crippen molar-refractivity contribution < 1.29 is 0 Å². The first-order valence-corrected chi connectivity index (χ1v) is 6.55. The van der Waals surface area contributed by atoms with Crippen LogP contribution in [0.25, 0.3) is 12.7 Å². The van der Waals surface area contributed by atoms with Crippen LogP contribution in [-0.2, 0) is 0 Å². The van der Waals surface area contributed by atoms with E-state index in [1.807, 2.05) is 66.7 Å². The molecule has 100 valence electrons. The standard InChI is InChI=1S/C9H10.3C2H6.C2H4/c1-3-9-7-5-4-6-8(9)2;4*1-2/h3-7H,2H2,1H3;3*1-2H3;1-2H2/b9-3-;;;;. The molecular formula is C17H32. The van der Waals surface area contributed by atoms with Gasteiger partial charge in [-0.3, -0.25) is 0 Å². The Morgan fingerprint density at radius 1 is 0.824 bits per heavy atom. The average molecular weight is 236 g/mol. The quantitative estimate of drug-likeness (QED) is 0.569. The molecule has 0 fully saturated rings. The molecule has 1 aromatic carbocycles. The first kappa shape index (κ1) is 24.8. The van der Waals surface area contributed by atoms with Crippen LogP contribution in [0.3, 0.4) is 0 Å². The second kappa shape index (κ2) is 29.3. The Morgan fingerprint density at radius 2 is 1.18 bits per heavy atom. The van der Waals surface area contributed by atoms with Crippen molar-refractivity contribution >= 4 is 12.7 Å². The topological polar surface area (TPSA) is 0 Å². The maximum Gasteiger partial charge on any atom is -0.0233 e. The predicted molar refractivity (Wildman–Crippen MR) is 86.7 cm³/mol. The minimum Gasteiger partial charge on any atom is -0.106 e. The van der Waals surface area contributed by atoms with E-state index in [1.54, 1.807) is 0 Å². The minimum atomic E-state index is 1.10. The van der Waals surface area contributed by atoms with Crippen molar-refractivity contribution in [2.75, 3.05) is 0 Å². The number of hydrogen-bond donors (Lipinski definition) is 0. The van der Waals surface area contributed by atoms with Gasteiger partial charge >= 0.3 is 0 Å². The summed E-state index contributed by atoms with van der Waals surface area (Å²) in [5.41, 5.74) is 0. The molecule has 0 saturated heterocycles. The maximum absolute atomic E-state index is 3.86. The molecule has 0 aromatic heterocycles. The summed E-state index contributed by atoms with van der Waals surface area (Å²) in [7, 11) is 0. The molecule has 17 heavy (non-hydrogen) atoms. The lowest BCUT2D eigenvalue weighted by Crippen LogP contribution is -2.20. The molecule has 0 radical (unpaired) electrons. The third-order valence-corrected chi connectivity index (χ3v) is 1.37. The molecule has 0 saturated carbocycles. The largest absolute Gasteiger partial charge is 0.106 e. The zero-order valence-electron chi connectivity index (χ0n) is 13.0. The Morgan fingerprint density at radius 3 is 1.41 bits per heavy atom. The van der Waals surface area contributed by atoms with Crippen LogP contribution in [0.2, 0.25) is 0 Å². The highest BCUT2D eigenvalue weighted by Crippen LogP contribution is 1.68. The molecule has 0 aliphatic carbocycles. The fourth-order valence-corrected chi connectivity index (χ4v) is 0.816. The van der Waals surface area contributed by atoms with E-state index in [0.29, 0.717) is 0 Å². The Bertz CT molecular complexity index is 296. The summed E-state index contributed by atoms with van der Waals surface area (Å²) < 4.78 is 0. The lowest BCUT2D eigenvalue weighted by Gasteiger charge is -1.82. The smallest absolute Gasteiger partial charge is 0.0233 e. The summed E-state index contributed by atoms with van der Waals surface area (Å²) in [4.78, 5) is 0. The molecule has 0 N–H and O–H groups in total. The summed E-state index contributed by atoms with van der Waals surface area (Å²) in [6.45, 7) is 23.9. The van der Waals surface area contributed by atoms with Gasteiger partial charge in [0.25, 0.3) is 0 Å². The first-order valence-electron chi connectivity index (χ1n) is 6.55. The van der Waals surface area contributed by atoms with E-state index in [-0.39, 0.29) is 0 Å². The maximum atomic E-state index is 3.86. The average Bonchev–Trinajstić information content (AvgIpc) is 2.48. The van der Waals surface area contributed by atoms with E-state index in [0.717, 1.165) is 5.22 Å². The van der Waals surface area contributed by atoms with Gasteiger partial charge in [0.1, 0.15) is 0 Å². The van der Waals surface area contributed by atoms with Crippen LogP contribution in [0, 0.1) is 0 Å². The SMILES string of the molecule is C=C.C=c1cccc/c1=C/C.CC.CC.CC. The second-order valence-corrected chi connectivity index (χ2v) is 1.99. The van der Waals surface area contributed by atoms with Crippen LogP contribution in [-0.4, -0.2) is 0 Å². The van der Waals surface area contributed by atoms with Gasteiger partial charge in [0.05, 0.1) is 0 Å². The fraction of sp³-hybridized carbons (Fsp3) is 0.412. The van der Waals surface area contributed by atoms with Crippen molar-refractivity contribution in [3.8, 4) is 0 Å². The van der Waals surface area contributed by atoms with Gasteiger partial charge in [-0.2, -0.15) is 0 Å². The van der Waals surface area contributed by atoms with Crippen molar-refractivity contribution in [2.45, 2.75) is 48.5 Å². The normalized spacial score (nSPS) is 7.59. The lowest BCUT2D eigenvalue weighted by molar-refractivity contribution is 1.50. The van der Waals surface area contributed by atoms with Gasteiger partial charge in [0, 0.05) is 0 Å². The Balaban J connectivity index is -0.0000000905. The molecule has 0 amide bonds. The minimum absolute atomic E-state index is 1.10. The third-order valence-electron chi connectivity index (χ3n) is 1.37. The lowest BCUT2D eigenvalue weighted by atomic mass is 10.2. The van der Waals surface area contributed by atoms with Crippen molar-refractivity contribution in [3.05, 3.63) is 47.9 Å². The van der Waals surface area contributed by atoms with Crippen molar-refractivity contribution in [3.63, 3.8) is 0 Å². The molecule has 0 aliphatic heterocycles. The van der Waals surface area contributed by atoms with Crippen molar-refractivity contribution in [1.29, 1.82) is 0 Å². The van der Waals surface area contributed by atoms with E-state index in [2.05, 4.69) is 31.9 Å². The van der Waals surface area contributed by atoms with Crippen LogP contribution < -0.4 is 10.4 Å². The zero-order valence-corrected chi connectivity index (χ0v) is 13.0. The van der Waals surface area contributed by atoms with E-state index in [1.165, 1.54) is 5.22 Å². The van der Waals surface area contributed by atoms with E-state index in [9.17, 15) is 0 Å². The number of benzene rings is 1. The second-order valence-electron chi connectivity index (χ2n) is 1.99. The predicted octanol–water partition coefficient (Wildman–Crippen LogP) is 4.78. The molecule has 0 spiro atoms. The molecule has 0 bridgehead atoms. The van der Waals surface area contributed by atoms with Gasteiger partial charge in [-0.25, -0.2) is 0 Å². The van der Waals surface area contributed by atoms with Crippen molar-refractivity contribution in [2.24, 2.45) is 0 Å². The van der Waals surface area contributed by atoms with Gasteiger partial charge in [0.2, 0.25) is 0 Å². The number of rotatable bonds is 0. The van der Waals surface area contributed by atoms with E-state index >= 15 is 0 Å². The van der Waals surface area contributed by atoms with Gasteiger partial charge in [-0.1, -0.05) is 78.5 Å². The highest BCUT2D eigenvalue weighted by Gasteiger charge is 1.74. The molecule has 0 heterocycles. The van der Waals surface area contributed by atoms with Crippen LogP contribution in [0.4, 0.5) is 0 Å². The zero-order chi connectivity index (χ0) is 14.7. The van der Waals surface area contributed by atoms with Crippen LogP contribution in [0.1, 0.15) is 48.5 Å². The van der Waals surface area contributed by atoms with Gasteiger partial charge in [-0.15, -0.1) is 13.2 Å². The monoisotopic (exact) mass is 236 g/mol. The molecular weight excluding hydrogens is 204 g/mol. The molecule has 0 unspecified atom stereocenters. The summed E-state index contributed by atoms with van der Waals surface area (Å²) in [6, 6.07) is 8.08. The number of hydrogen-bond acceptors (Lipinski definition) is 0. The van der Waals surface area contributed by atoms with Gasteiger partial charge < -0.3 is 0 Å². The summed E-state index contributed by atoms with van der Waals surface area (Å²) in [6.07, 6.45) is 2.06. The highest BCUT2D eigenvalue weighted by molar-refractivity contribution is 5.23. The Labute approximate surface area is 109 Å². The molecule has 0 aliphatic rings. The first-order chi connectivity index (χ1) is 8.34. The molecule has 0 atom stereocenters. The summed E-state index contributed by atoms with van der Waals surface area (Å²) in [5, 5.41) is 2.32. The van der Waals surface area contributed by atoms with E-state index in [4.69, 9.17) is 0 Å². The van der Waals surface area contributed by atoms with Crippen LogP contribution in [0.15, 0.2) is 37.4 Å². The third kappa shape index (κ3) is 17.3. The van der Waals surface area contributed by atoms with Crippen LogP contribution in [0.5, 0.6) is 0 Å². The fourth-order valence-electron chi connectivity index (χ4n) is 0.816. The van der Waals surface area contributed by atoms with Crippen LogP contribution >= 0.6 is 0 Å². The highest BCUT2D eigenvalue weighted by atomic mass is 13.8. The van der Waals surface area contributed by atoms with Gasteiger partial charge in [0.15, 0.2) is 0 Å².